The van der Waals surface area contributed by atoms with E-state index in [2.05, 4.69) is 15.2 Å². The molecule has 158 valence electrons. The Labute approximate surface area is 185 Å². The van der Waals surface area contributed by atoms with Gasteiger partial charge in [-0.1, -0.05) is 41.9 Å². The number of nitrogens with one attached hydrogen (secondary N) is 1. The number of hydrogen-bond donors (Lipinski definition) is 1. The van der Waals surface area contributed by atoms with E-state index in [4.69, 9.17) is 11.6 Å². The fraction of sp³-hybridized carbons (Fsp3) is 0.208. The van der Waals surface area contributed by atoms with Crippen molar-refractivity contribution in [2.24, 2.45) is 4.99 Å². The molecule has 31 heavy (non-hydrogen) atoms. The van der Waals surface area contributed by atoms with E-state index in [0.29, 0.717) is 17.1 Å². The van der Waals surface area contributed by atoms with Crippen molar-refractivity contribution in [1.29, 1.82) is 0 Å². The predicted octanol–water partition coefficient (Wildman–Crippen LogP) is 5.05. The second kappa shape index (κ2) is 8.40. The van der Waals surface area contributed by atoms with Crippen LogP contribution in [0.2, 0.25) is 5.02 Å². The maximum atomic E-state index is 13.0. The number of hydrogen-bond acceptors (Lipinski definition) is 3. The first-order valence-electron chi connectivity index (χ1n) is 10.1. The second-order valence-corrected chi connectivity index (χ2v) is 8.06. The fourth-order valence-electron chi connectivity index (χ4n) is 3.61. The van der Waals surface area contributed by atoms with Gasteiger partial charge in [-0.25, -0.2) is 4.68 Å². The predicted molar refractivity (Wildman–Crippen MR) is 125 cm³/mol. The molecule has 2 aromatic carbocycles. The molecule has 0 unspecified atom stereocenters. The van der Waals surface area contributed by atoms with Gasteiger partial charge in [-0.15, -0.1) is 0 Å². The molecule has 2 heterocycles. The maximum absolute atomic E-state index is 13.0. The Hall–Kier alpha value is -3.38. The van der Waals surface area contributed by atoms with E-state index in [9.17, 15) is 4.79 Å². The molecule has 4 aromatic rings. The molecule has 4 rings (SSSR count). The van der Waals surface area contributed by atoms with E-state index in [-0.39, 0.29) is 5.56 Å². The molecule has 0 spiro atoms. The van der Waals surface area contributed by atoms with Crippen LogP contribution in [0.1, 0.15) is 33.8 Å². The van der Waals surface area contributed by atoms with Gasteiger partial charge in [-0.2, -0.15) is 5.10 Å². The number of H-pyrrole nitrogens is 1. The van der Waals surface area contributed by atoms with Gasteiger partial charge in [0.2, 0.25) is 0 Å². The summed E-state index contributed by atoms with van der Waals surface area (Å²) in [6, 6.07) is 15.5. The summed E-state index contributed by atoms with van der Waals surface area (Å²) in [6.45, 7) is 8.32. The first-order valence-corrected chi connectivity index (χ1v) is 10.4. The van der Waals surface area contributed by atoms with Crippen molar-refractivity contribution in [2.75, 3.05) is 0 Å². The van der Waals surface area contributed by atoms with Crippen LogP contribution in [0.15, 0.2) is 58.3 Å². The Morgan fingerprint density at radius 2 is 1.87 bits per heavy atom. The molecule has 0 aliphatic rings. The van der Waals surface area contributed by atoms with Crippen LogP contribution in [-0.2, 0) is 6.54 Å². The van der Waals surface area contributed by atoms with Crippen LogP contribution in [0.3, 0.4) is 0 Å². The minimum atomic E-state index is -0.134. The molecule has 0 aliphatic carbocycles. The standard InChI is InChI=1S/C24H24ClN5O/c1-15-8-7-10-20(12-15)30-24(31)21(16(2)28-30)13-26-23-17(3)27-29(18(23)4)14-19-9-5-6-11-22(19)25/h5-13,28H,14H2,1-4H3. The van der Waals surface area contributed by atoms with Gasteiger partial charge in [0.25, 0.3) is 5.56 Å². The average molecular weight is 434 g/mol. The van der Waals surface area contributed by atoms with E-state index in [1.807, 2.05) is 80.9 Å². The molecule has 0 bridgehead atoms. The van der Waals surface area contributed by atoms with E-state index >= 15 is 0 Å². The molecule has 0 radical (unpaired) electrons. The molecular weight excluding hydrogens is 410 g/mol. The van der Waals surface area contributed by atoms with Gasteiger partial charge in [0.15, 0.2) is 0 Å². The summed E-state index contributed by atoms with van der Waals surface area (Å²) in [5, 5.41) is 8.47. The zero-order valence-corrected chi connectivity index (χ0v) is 18.7. The largest absolute Gasteiger partial charge is 0.295 e. The monoisotopic (exact) mass is 433 g/mol. The Morgan fingerprint density at radius 1 is 1.10 bits per heavy atom. The van der Waals surface area contributed by atoms with E-state index in [1.54, 1.807) is 10.9 Å². The summed E-state index contributed by atoms with van der Waals surface area (Å²) in [7, 11) is 0. The highest BCUT2D eigenvalue weighted by molar-refractivity contribution is 6.31. The number of aryl methyl sites for hydroxylation is 3. The van der Waals surface area contributed by atoms with Crippen molar-refractivity contribution in [3.05, 3.63) is 97.7 Å². The number of aromatic nitrogens is 4. The van der Waals surface area contributed by atoms with E-state index < -0.39 is 0 Å². The van der Waals surface area contributed by atoms with Crippen LogP contribution in [0.25, 0.3) is 5.69 Å². The number of aromatic amines is 1. The molecule has 7 heteroatoms. The lowest BCUT2D eigenvalue weighted by molar-refractivity contribution is 0.659. The maximum Gasteiger partial charge on any atom is 0.280 e. The van der Waals surface area contributed by atoms with Gasteiger partial charge < -0.3 is 0 Å². The van der Waals surface area contributed by atoms with Crippen LogP contribution in [0.4, 0.5) is 5.69 Å². The SMILES string of the molecule is Cc1cccc(-n2[nH]c(C)c(C=Nc3c(C)nn(Cc4ccccc4Cl)c3C)c2=O)c1. The first kappa shape index (κ1) is 20.9. The third-order valence-electron chi connectivity index (χ3n) is 5.32. The molecule has 0 saturated carbocycles. The Bertz CT molecular complexity index is 1340. The minimum absolute atomic E-state index is 0.134. The molecule has 0 aliphatic heterocycles. The van der Waals surface area contributed by atoms with Gasteiger partial charge in [0.1, 0.15) is 5.69 Å². The lowest BCUT2D eigenvalue weighted by atomic mass is 10.2. The van der Waals surface area contributed by atoms with Crippen LogP contribution >= 0.6 is 11.6 Å². The molecule has 6 nitrogen and oxygen atoms in total. The number of halogens is 1. The van der Waals surface area contributed by atoms with Gasteiger partial charge in [0, 0.05) is 16.9 Å². The van der Waals surface area contributed by atoms with Crippen molar-refractivity contribution in [2.45, 2.75) is 34.2 Å². The summed E-state index contributed by atoms with van der Waals surface area (Å²) < 4.78 is 3.43. The molecule has 2 aromatic heterocycles. The third kappa shape index (κ3) is 4.11. The number of benzene rings is 2. The first-order chi connectivity index (χ1) is 14.8. The molecule has 0 atom stereocenters. The number of rotatable bonds is 5. The van der Waals surface area contributed by atoms with Gasteiger partial charge in [-0.05, 0) is 57.0 Å². The number of nitrogens with zero attached hydrogens (tertiary/aromatic N) is 4. The Morgan fingerprint density at radius 3 is 2.61 bits per heavy atom. The lowest BCUT2D eigenvalue weighted by Crippen LogP contribution is -2.17. The van der Waals surface area contributed by atoms with Gasteiger partial charge >= 0.3 is 0 Å². The fourth-order valence-corrected chi connectivity index (χ4v) is 3.80. The highest BCUT2D eigenvalue weighted by Gasteiger charge is 2.14. The Kier molecular flexibility index (Phi) is 5.65. The van der Waals surface area contributed by atoms with Crippen LogP contribution in [-0.4, -0.2) is 25.8 Å². The summed E-state index contributed by atoms with van der Waals surface area (Å²) in [6.07, 6.45) is 1.62. The highest BCUT2D eigenvalue weighted by atomic mass is 35.5. The minimum Gasteiger partial charge on any atom is -0.295 e. The van der Waals surface area contributed by atoms with Crippen molar-refractivity contribution in [1.82, 2.24) is 19.6 Å². The highest BCUT2D eigenvalue weighted by Crippen LogP contribution is 2.25. The smallest absolute Gasteiger partial charge is 0.280 e. The van der Waals surface area contributed by atoms with E-state index in [0.717, 1.165) is 39.6 Å². The van der Waals surface area contributed by atoms with Crippen molar-refractivity contribution in [3.8, 4) is 5.69 Å². The van der Waals surface area contributed by atoms with Gasteiger partial charge in [0.05, 0.1) is 29.2 Å². The Balaban J connectivity index is 1.66. The quantitative estimate of drug-likeness (QED) is 0.447. The zero-order chi connectivity index (χ0) is 22.1. The normalized spacial score (nSPS) is 11.5. The van der Waals surface area contributed by atoms with Crippen molar-refractivity contribution < 1.29 is 0 Å². The molecular formula is C24H24ClN5O. The second-order valence-electron chi connectivity index (χ2n) is 7.66. The van der Waals surface area contributed by atoms with Crippen LogP contribution in [0.5, 0.6) is 0 Å². The van der Waals surface area contributed by atoms with Crippen LogP contribution < -0.4 is 5.56 Å². The summed E-state index contributed by atoms with van der Waals surface area (Å²) in [5.74, 6) is 0. The molecule has 1 N–H and O–H groups in total. The van der Waals surface area contributed by atoms with Crippen molar-refractivity contribution >= 4 is 23.5 Å². The van der Waals surface area contributed by atoms with Crippen LogP contribution in [0, 0.1) is 27.7 Å². The summed E-state index contributed by atoms with van der Waals surface area (Å²) >= 11 is 6.30. The molecule has 0 saturated heterocycles. The van der Waals surface area contributed by atoms with Crippen molar-refractivity contribution in [3.63, 3.8) is 0 Å². The average Bonchev–Trinajstić information content (AvgIpc) is 3.17. The zero-order valence-electron chi connectivity index (χ0n) is 18.0. The number of aliphatic imine (C=N–C) groups is 1. The summed E-state index contributed by atoms with van der Waals surface area (Å²) in [4.78, 5) is 17.6. The summed E-state index contributed by atoms with van der Waals surface area (Å²) in [5.41, 5.74) is 6.51. The van der Waals surface area contributed by atoms with E-state index in [1.165, 1.54) is 0 Å². The molecule has 0 fully saturated rings. The third-order valence-corrected chi connectivity index (χ3v) is 5.69. The lowest BCUT2D eigenvalue weighted by Gasteiger charge is -2.06. The topological polar surface area (TPSA) is 68.0 Å². The van der Waals surface area contributed by atoms with Gasteiger partial charge in [-0.3, -0.25) is 19.6 Å². The molecule has 0 amide bonds.